The zero-order valence-electron chi connectivity index (χ0n) is 13.4. The Morgan fingerprint density at radius 2 is 1.81 bits per heavy atom. The van der Waals surface area contributed by atoms with E-state index in [4.69, 9.17) is 15.2 Å². The molecule has 0 saturated carbocycles. The van der Waals surface area contributed by atoms with Crippen molar-refractivity contribution in [2.75, 3.05) is 13.2 Å². The van der Waals surface area contributed by atoms with Gasteiger partial charge in [-0.25, -0.2) is 5.43 Å². The van der Waals surface area contributed by atoms with Gasteiger partial charge < -0.3 is 15.2 Å². The minimum atomic E-state index is -0.546. The van der Waals surface area contributed by atoms with Gasteiger partial charge in [-0.3, -0.25) is 9.59 Å². The third-order valence-electron chi connectivity index (χ3n) is 2.92. The molecule has 0 saturated heterocycles. The fourth-order valence-corrected chi connectivity index (χ4v) is 2.91. The van der Waals surface area contributed by atoms with Crippen LogP contribution in [0.4, 0.5) is 0 Å². The van der Waals surface area contributed by atoms with E-state index < -0.39 is 11.8 Å². The Hall–Kier alpha value is -2.39. The molecule has 0 spiro atoms. The fraction of sp³-hybridized carbons (Fsp3) is 0.118. The molecule has 0 heterocycles. The highest BCUT2D eigenvalue weighted by atomic mass is 79.9. The zero-order valence-corrected chi connectivity index (χ0v) is 16.6. The highest BCUT2D eigenvalue weighted by Crippen LogP contribution is 2.28. The SMILES string of the molecule is NC(=O)COc1ccc(/C=N/NC(=O)COc2ccc(Br)cc2Br)cc1. The topological polar surface area (TPSA) is 103 Å². The van der Waals surface area contributed by atoms with Crippen LogP contribution in [0.2, 0.25) is 0 Å². The Morgan fingerprint density at radius 1 is 1.08 bits per heavy atom. The summed E-state index contributed by atoms with van der Waals surface area (Å²) in [5.74, 6) is 0.130. The minimum Gasteiger partial charge on any atom is -0.484 e. The maximum absolute atomic E-state index is 11.7. The van der Waals surface area contributed by atoms with E-state index in [0.29, 0.717) is 11.5 Å². The number of primary amides is 1. The molecule has 0 unspecified atom stereocenters. The Bertz CT molecular complexity index is 810. The molecule has 0 fully saturated rings. The fourth-order valence-electron chi connectivity index (χ4n) is 1.75. The highest BCUT2D eigenvalue weighted by Gasteiger charge is 2.05. The lowest BCUT2D eigenvalue weighted by molar-refractivity contribution is -0.123. The van der Waals surface area contributed by atoms with E-state index >= 15 is 0 Å². The maximum Gasteiger partial charge on any atom is 0.277 e. The summed E-state index contributed by atoms with van der Waals surface area (Å²) < 4.78 is 12.2. The average molecular weight is 485 g/mol. The summed E-state index contributed by atoms with van der Waals surface area (Å²) in [5.41, 5.74) is 8.12. The number of carbonyl (C=O) groups is 2. The molecule has 2 aromatic carbocycles. The number of amides is 2. The van der Waals surface area contributed by atoms with Crippen LogP contribution in [0.15, 0.2) is 56.5 Å². The van der Waals surface area contributed by atoms with Crippen LogP contribution in [0.3, 0.4) is 0 Å². The van der Waals surface area contributed by atoms with Crippen molar-refractivity contribution in [3.63, 3.8) is 0 Å². The van der Waals surface area contributed by atoms with Crippen LogP contribution < -0.4 is 20.6 Å². The molecule has 0 aliphatic heterocycles. The molecule has 2 aromatic rings. The van der Waals surface area contributed by atoms with Gasteiger partial charge in [0.1, 0.15) is 11.5 Å². The van der Waals surface area contributed by atoms with E-state index in [2.05, 4.69) is 42.4 Å². The van der Waals surface area contributed by atoms with Crippen molar-refractivity contribution in [1.29, 1.82) is 0 Å². The number of nitrogens with zero attached hydrogens (tertiary/aromatic N) is 1. The Labute approximate surface area is 166 Å². The van der Waals surface area contributed by atoms with E-state index in [1.165, 1.54) is 6.21 Å². The second-order valence-corrected chi connectivity index (χ2v) is 6.75. The van der Waals surface area contributed by atoms with E-state index in [1.54, 1.807) is 30.3 Å². The summed E-state index contributed by atoms with van der Waals surface area (Å²) in [6, 6.07) is 12.2. The van der Waals surface area contributed by atoms with Gasteiger partial charge in [-0.1, -0.05) is 15.9 Å². The summed E-state index contributed by atoms with van der Waals surface area (Å²) in [4.78, 5) is 22.4. The van der Waals surface area contributed by atoms with Gasteiger partial charge in [0.2, 0.25) is 0 Å². The van der Waals surface area contributed by atoms with E-state index in [1.807, 2.05) is 12.1 Å². The number of carbonyl (C=O) groups excluding carboxylic acids is 2. The van der Waals surface area contributed by atoms with Crippen molar-refractivity contribution in [2.24, 2.45) is 10.8 Å². The van der Waals surface area contributed by atoms with Crippen LogP contribution in [0.5, 0.6) is 11.5 Å². The number of benzene rings is 2. The van der Waals surface area contributed by atoms with Crippen molar-refractivity contribution in [2.45, 2.75) is 0 Å². The first kappa shape index (κ1) is 19.9. The van der Waals surface area contributed by atoms with Crippen LogP contribution in [0.25, 0.3) is 0 Å². The molecule has 0 bridgehead atoms. The molecular formula is C17H15Br2N3O4. The van der Waals surface area contributed by atoms with Crippen LogP contribution in [-0.2, 0) is 9.59 Å². The third kappa shape index (κ3) is 6.85. The molecule has 7 nitrogen and oxygen atoms in total. The molecule has 0 radical (unpaired) electrons. The van der Waals surface area contributed by atoms with Gasteiger partial charge in [0.05, 0.1) is 10.7 Å². The van der Waals surface area contributed by atoms with Gasteiger partial charge >= 0.3 is 0 Å². The third-order valence-corrected chi connectivity index (χ3v) is 4.03. The zero-order chi connectivity index (χ0) is 18.9. The van der Waals surface area contributed by atoms with Gasteiger partial charge in [0.25, 0.3) is 11.8 Å². The molecule has 9 heteroatoms. The number of hydrogen-bond donors (Lipinski definition) is 2. The summed E-state index contributed by atoms with van der Waals surface area (Å²) in [6.45, 7) is -0.352. The Balaban J connectivity index is 1.78. The standard InChI is InChI=1S/C17H15Br2N3O4/c18-12-3-6-15(14(19)7-12)26-10-17(24)22-21-8-11-1-4-13(5-2-11)25-9-16(20)23/h1-8H,9-10H2,(H2,20,23)(H,22,24)/b21-8+. The molecule has 0 aromatic heterocycles. The average Bonchev–Trinajstić information content (AvgIpc) is 2.60. The largest absolute Gasteiger partial charge is 0.484 e. The van der Waals surface area contributed by atoms with E-state index in [0.717, 1.165) is 14.5 Å². The monoisotopic (exact) mass is 483 g/mol. The van der Waals surface area contributed by atoms with Gasteiger partial charge in [-0.05, 0) is 64.0 Å². The number of rotatable bonds is 8. The molecular weight excluding hydrogens is 470 g/mol. The van der Waals surface area contributed by atoms with Gasteiger partial charge in [-0.2, -0.15) is 5.10 Å². The summed E-state index contributed by atoms with van der Waals surface area (Å²) in [5, 5.41) is 3.86. The Morgan fingerprint density at radius 3 is 2.46 bits per heavy atom. The van der Waals surface area contributed by atoms with E-state index in [9.17, 15) is 9.59 Å². The lowest BCUT2D eigenvalue weighted by Crippen LogP contribution is -2.24. The molecule has 2 rings (SSSR count). The van der Waals surface area contributed by atoms with Gasteiger partial charge in [0.15, 0.2) is 13.2 Å². The number of ether oxygens (including phenoxy) is 2. The Kier molecular flexibility index (Phi) is 7.61. The van der Waals surface area contributed by atoms with Crippen molar-refractivity contribution in [1.82, 2.24) is 5.43 Å². The molecule has 2 amide bonds. The highest BCUT2D eigenvalue weighted by molar-refractivity contribution is 9.11. The predicted octanol–water partition coefficient (Wildman–Crippen LogP) is 2.60. The number of hydrogen-bond acceptors (Lipinski definition) is 5. The van der Waals surface area contributed by atoms with Crippen molar-refractivity contribution in [3.8, 4) is 11.5 Å². The second-order valence-electron chi connectivity index (χ2n) is 4.98. The van der Waals surface area contributed by atoms with Crippen LogP contribution in [0, 0.1) is 0 Å². The van der Waals surface area contributed by atoms with Crippen LogP contribution in [-0.4, -0.2) is 31.2 Å². The van der Waals surface area contributed by atoms with E-state index in [-0.39, 0.29) is 13.2 Å². The number of nitrogens with one attached hydrogen (secondary N) is 1. The normalized spacial score (nSPS) is 10.5. The predicted molar refractivity (Wildman–Crippen MR) is 104 cm³/mol. The lowest BCUT2D eigenvalue weighted by Gasteiger charge is -2.07. The quantitative estimate of drug-likeness (QED) is 0.444. The van der Waals surface area contributed by atoms with Gasteiger partial charge in [-0.15, -0.1) is 0 Å². The minimum absolute atomic E-state index is 0.169. The summed E-state index contributed by atoms with van der Waals surface area (Å²) in [7, 11) is 0. The van der Waals surface area contributed by atoms with Crippen LogP contribution >= 0.6 is 31.9 Å². The molecule has 0 aliphatic rings. The smallest absolute Gasteiger partial charge is 0.277 e. The number of halogens is 2. The van der Waals surface area contributed by atoms with Crippen molar-refractivity contribution >= 4 is 49.9 Å². The molecule has 3 N–H and O–H groups in total. The first-order valence-corrected chi connectivity index (χ1v) is 8.93. The second kappa shape index (κ2) is 9.93. The van der Waals surface area contributed by atoms with Gasteiger partial charge in [0, 0.05) is 4.47 Å². The van der Waals surface area contributed by atoms with Crippen molar-refractivity contribution < 1.29 is 19.1 Å². The maximum atomic E-state index is 11.7. The van der Waals surface area contributed by atoms with Crippen molar-refractivity contribution in [3.05, 3.63) is 57.0 Å². The first-order valence-electron chi connectivity index (χ1n) is 7.35. The summed E-state index contributed by atoms with van der Waals surface area (Å²) in [6.07, 6.45) is 1.48. The summed E-state index contributed by atoms with van der Waals surface area (Å²) >= 11 is 6.69. The van der Waals surface area contributed by atoms with Crippen LogP contribution in [0.1, 0.15) is 5.56 Å². The molecule has 0 aliphatic carbocycles. The molecule has 0 atom stereocenters. The first-order chi connectivity index (χ1) is 12.4. The number of hydrazone groups is 1. The number of nitrogens with two attached hydrogens (primary N) is 1. The molecule has 26 heavy (non-hydrogen) atoms. The molecule has 136 valence electrons. The lowest BCUT2D eigenvalue weighted by atomic mass is 10.2.